The van der Waals surface area contributed by atoms with E-state index >= 15 is 0 Å². The minimum absolute atomic E-state index is 0.0910. The van der Waals surface area contributed by atoms with Crippen LogP contribution in [0, 0.1) is 5.92 Å². The molecule has 4 heterocycles. The lowest BCUT2D eigenvalue weighted by Gasteiger charge is -2.33. The average Bonchev–Trinajstić information content (AvgIpc) is 3.44. The third-order valence-corrected chi connectivity index (χ3v) is 6.95. The van der Waals surface area contributed by atoms with E-state index in [9.17, 15) is 4.79 Å². The Balaban J connectivity index is 1.56. The summed E-state index contributed by atoms with van der Waals surface area (Å²) in [5.41, 5.74) is 5.19. The van der Waals surface area contributed by atoms with Crippen LogP contribution in [0.1, 0.15) is 24.0 Å². The Morgan fingerprint density at radius 1 is 1.21 bits per heavy atom. The molecule has 172 valence electrons. The Morgan fingerprint density at radius 2 is 2.03 bits per heavy atom. The first-order valence-corrected chi connectivity index (χ1v) is 11.7. The molecule has 2 aliphatic rings. The van der Waals surface area contributed by atoms with Crippen LogP contribution in [-0.2, 0) is 13.6 Å². The molecule has 0 bridgehead atoms. The summed E-state index contributed by atoms with van der Waals surface area (Å²) in [5.74, 6) is 1.18. The highest BCUT2D eigenvalue weighted by Gasteiger charge is 2.40. The molecule has 1 aliphatic carbocycles. The van der Waals surface area contributed by atoms with E-state index < -0.39 is 0 Å². The van der Waals surface area contributed by atoms with E-state index in [1.54, 1.807) is 29.4 Å². The number of aryl methyl sites for hydroxylation is 1. The molecule has 8 nitrogen and oxygen atoms in total. The van der Waals surface area contributed by atoms with Gasteiger partial charge in [-0.3, -0.25) is 19.5 Å². The number of urea groups is 1. The van der Waals surface area contributed by atoms with Crippen molar-refractivity contribution in [3.8, 4) is 11.4 Å². The molecule has 1 fully saturated rings. The molecule has 34 heavy (non-hydrogen) atoms. The molecule has 0 unspecified atom stereocenters. The molecule has 2 amide bonds. The van der Waals surface area contributed by atoms with E-state index in [0.717, 1.165) is 46.3 Å². The average molecular weight is 474 g/mol. The molecular formula is C25H24ClN7O. The maximum Gasteiger partial charge on any atom is 0.329 e. The van der Waals surface area contributed by atoms with Crippen molar-refractivity contribution >= 4 is 40.0 Å². The molecule has 0 saturated heterocycles. The lowest BCUT2D eigenvalue weighted by atomic mass is 10.1. The minimum atomic E-state index is -0.0910. The van der Waals surface area contributed by atoms with Crippen LogP contribution in [0.2, 0.25) is 5.02 Å². The molecule has 4 aromatic rings. The number of rotatable bonds is 5. The number of anilines is 1. The Labute approximate surface area is 202 Å². The Bertz CT molecular complexity index is 1470. The summed E-state index contributed by atoms with van der Waals surface area (Å²) in [7, 11) is 3.73. The molecule has 0 spiro atoms. The highest BCUT2D eigenvalue weighted by molar-refractivity contribution is 6.31. The number of aromatic nitrogens is 5. The third-order valence-electron chi connectivity index (χ3n) is 6.71. The smallest absolute Gasteiger partial charge is 0.329 e. The van der Waals surface area contributed by atoms with Crippen molar-refractivity contribution in [2.45, 2.75) is 19.4 Å². The highest BCUT2D eigenvalue weighted by atomic mass is 35.5. The van der Waals surface area contributed by atoms with Crippen molar-refractivity contribution in [3.63, 3.8) is 0 Å². The van der Waals surface area contributed by atoms with Gasteiger partial charge in [0, 0.05) is 37.2 Å². The summed E-state index contributed by atoms with van der Waals surface area (Å²) >= 11 is 6.31. The van der Waals surface area contributed by atoms with Gasteiger partial charge in [-0.2, -0.15) is 5.10 Å². The van der Waals surface area contributed by atoms with Gasteiger partial charge in [-0.15, -0.1) is 0 Å². The first-order chi connectivity index (χ1) is 16.4. The van der Waals surface area contributed by atoms with Crippen LogP contribution in [0.4, 0.5) is 10.6 Å². The van der Waals surface area contributed by atoms with Crippen LogP contribution in [-0.4, -0.2) is 48.8 Å². The molecule has 1 aliphatic heterocycles. The number of benzene rings is 1. The van der Waals surface area contributed by atoms with Gasteiger partial charge in [0.05, 0.1) is 47.2 Å². The number of fused-ring (bicyclic) bond motifs is 2. The minimum Gasteiger partial charge on any atom is -0.332 e. The van der Waals surface area contributed by atoms with Gasteiger partial charge in [-0.05, 0) is 48.6 Å². The number of carbonyl (C=O) groups excluding carboxylic acids is 1. The molecule has 3 aromatic heterocycles. The van der Waals surface area contributed by atoms with E-state index in [2.05, 4.69) is 16.5 Å². The Hall–Kier alpha value is -3.65. The van der Waals surface area contributed by atoms with Crippen molar-refractivity contribution in [2.75, 3.05) is 18.5 Å². The normalized spacial score (nSPS) is 16.0. The molecule has 0 N–H and O–H groups in total. The zero-order valence-corrected chi connectivity index (χ0v) is 19.8. The Kier molecular flexibility index (Phi) is 4.74. The molecule has 0 atom stereocenters. The summed E-state index contributed by atoms with van der Waals surface area (Å²) in [6.45, 7) is 5.41. The van der Waals surface area contributed by atoms with E-state index in [1.165, 1.54) is 0 Å². The standard InChI is InChI=1S/C25H24ClN7O/c1-15-22-23(21-11-27-14-30(21)2)33(13-17-8-9-28-20-7-6-18(26)10-19(17)20)29-24(22)32(12-16-4-5-16)25(34)31(15)3/h6-11,14,16H,1,4-5,12-13H2,2-3H3. The quantitative estimate of drug-likeness (QED) is 0.418. The second-order valence-electron chi connectivity index (χ2n) is 9.07. The number of pyridine rings is 1. The van der Waals surface area contributed by atoms with Gasteiger partial charge in [0.25, 0.3) is 0 Å². The van der Waals surface area contributed by atoms with Gasteiger partial charge in [-0.25, -0.2) is 9.78 Å². The van der Waals surface area contributed by atoms with Crippen LogP contribution in [0.3, 0.4) is 0 Å². The monoisotopic (exact) mass is 473 g/mol. The zero-order chi connectivity index (χ0) is 23.6. The van der Waals surface area contributed by atoms with Crippen LogP contribution in [0.5, 0.6) is 0 Å². The lowest BCUT2D eigenvalue weighted by Crippen LogP contribution is -2.45. The largest absolute Gasteiger partial charge is 0.332 e. The summed E-state index contributed by atoms with van der Waals surface area (Å²) in [5, 5.41) is 6.64. The fraction of sp³-hybridized carbons (Fsp3) is 0.280. The second kappa shape index (κ2) is 7.70. The second-order valence-corrected chi connectivity index (χ2v) is 9.50. The predicted molar refractivity (Wildman–Crippen MR) is 133 cm³/mol. The number of nitrogens with zero attached hydrogens (tertiary/aromatic N) is 7. The summed E-state index contributed by atoms with van der Waals surface area (Å²) in [6, 6.07) is 7.59. The molecule has 6 rings (SSSR count). The molecule has 0 radical (unpaired) electrons. The van der Waals surface area contributed by atoms with E-state index in [-0.39, 0.29) is 6.03 Å². The van der Waals surface area contributed by atoms with Crippen molar-refractivity contribution in [3.05, 3.63) is 65.7 Å². The maximum absolute atomic E-state index is 13.2. The predicted octanol–water partition coefficient (Wildman–Crippen LogP) is 4.79. The number of halogens is 1. The lowest BCUT2D eigenvalue weighted by molar-refractivity contribution is 0.229. The van der Waals surface area contributed by atoms with Crippen LogP contribution in [0.25, 0.3) is 28.0 Å². The van der Waals surface area contributed by atoms with Gasteiger partial charge in [0.15, 0.2) is 5.82 Å². The first kappa shape index (κ1) is 20.9. The Morgan fingerprint density at radius 3 is 2.76 bits per heavy atom. The van der Waals surface area contributed by atoms with Crippen molar-refractivity contribution < 1.29 is 4.79 Å². The number of hydrogen-bond acceptors (Lipinski definition) is 4. The fourth-order valence-electron chi connectivity index (χ4n) is 4.62. The van der Waals surface area contributed by atoms with Gasteiger partial charge >= 0.3 is 6.03 Å². The SMILES string of the molecule is C=C1c2c(nn(Cc3ccnc4ccc(Cl)cc34)c2-c2cncn2C)N(CC2CC2)C(=O)N1C. The van der Waals surface area contributed by atoms with E-state index in [0.29, 0.717) is 35.5 Å². The number of carbonyl (C=O) groups is 1. The fourth-order valence-corrected chi connectivity index (χ4v) is 4.79. The van der Waals surface area contributed by atoms with Crippen molar-refractivity contribution in [2.24, 2.45) is 13.0 Å². The van der Waals surface area contributed by atoms with Gasteiger partial charge < -0.3 is 4.57 Å². The summed E-state index contributed by atoms with van der Waals surface area (Å²) < 4.78 is 3.92. The molecule has 1 saturated carbocycles. The maximum atomic E-state index is 13.2. The van der Waals surface area contributed by atoms with Crippen LogP contribution < -0.4 is 4.90 Å². The zero-order valence-electron chi connectivity index (χ0n) is 19.1. The topological polar surface area (TPSA) is 72.1 Å². The van der Waals surface area contributed by atoms with Crippen molar-refractivity contribution in [1.82, 2.24) is 29.2 Å². The summed E-state index contributed by atoms with van der Waals surface area (Å²) in [4.78, 5) is 25.5. The molecule has 9 heteroatoms. The highest BCUT2D eigenvalue weighted by Crippen LogP contribution is 2.43. The van der Waals surface area contributed by atoms with E-state index in [1.807, 2.05) is 46.8 Å². The van der Waals surface area contributed by atoms with E-state index in [4.69, 9.17) is 16.7 Å². The van der Waals surface area contributed by atoms with Gasteiger partial charge in [-0.1, -0.05) is 18.2 Å². The van der Waals surface area contributed by atoms with Gasteiger partial charge in [0.2, 0.25) is 0 Å². The van der Waals surface area contributed by atoms with Crippen LogP contribution >= 0.6 is 11.6 Å². The third kappa shape index (κ3) is 3.28. The van der Waals surface area contributed by atoms with Crippen LogP contribution in [0.15, 0.2) is 49.6 Å². The number of imidazole rings is 1. The number of amides is 2. The molecular weight excluding hydrogens is 450 g/mol. The van der Waals surface area contributed by atoms with Gasteiger partial charge in [0.1, 0.15) is 0 Å². The number of hydrogen-bond donors (Lipinski definition) is 0. The first-order valence-electron chi connectivity index (χ1n) is 11.3. The van der Waals surface area contributed by atoms with Crippen molar-refractivity contribution in [1.29, 1.82) is 0 Å². The summed E-state index contributed by atoms with van der Waals surface area (Å²) in [6.07, 6.45) is 7.67. The molecule has 1 aromatic carbocycles.